The van der Waals surface area contributed by atoms with Gasteiger partial charge >= 0.3 is 0 Å². The van der Waals surface area contributed by atoms with Crippen molar-refractivity contribution in [1.29, 1.82) is 0 Å². The maximum atomic E-state index is 12.7. The monoisotopic (exact) mass is 452 g/mol. The van der Waals surface area contributed by atoms with Crippen LogP contribution in [0.2, 0.25) is 0 Å². The molecule has 0 fully saturated rings. The molecule has 0 aromatic heterocycles. The van der Waals surface area contributed by atoms with Gasteiger partial charge in [0.15, 0.2) is 6.10 Å². The lowest BCUT2D eigenvalue weighted by molar-refractivity contribution is -0.122. The van der Waals surface area contributed by atoms with Crippen molar-refractivity contribution in [2.45, 2.75) is 45.1 Å². The minimum absolute atomic E-state index is 0.110. The van der Waals surface area contributed by atoms with Crippen molar-refractivity contribution >= 4 is 27.3 Å². The molecule has 3 aromatic rings. The van der Waals surface area contributed by atoms with Crippen LogP contribution in [0.5, 0.6) is 5.75 Å². The van der Waals surface area contributed by atoms with E-state index in [1.54, 1.807) is 18.2 Å². The largest absolute Gasteiger partial charge is 0.480 e. The van der Waals surface area contributed by atoms with Crippen LogP contribution < -0.4 is 14.8 Å². The zero-order valence-electron chi connectivity index (χ0n) is 18.7. The molecule has 0 unspecified atom stereocenters. The van der Waals surface area contributed by atoms with Crippen molar-refractivity contribution in [3.8, 4) is 5.75 Å². The molecule has 0 saturated heterocycles. The number of nitrogens with one attached hydrogen (secondary N) is 2. The number of benzene rings is 3. The van der Waals surface area contributed by atoms with E-state index in [0.29, 0.717) is 23.5 Å². The molecule has 0 saturated carbocycles. The summed E-state index contributed by atoms with van der Waals surface area (Å²) < 4.78 is 34.0. The van der Waals surface area contributed by atoms with Crippen molar-refractivity contribution in [2.24, 2.45) is 0 Å². The fourth-order valence-electron chi connectivity index (χ4n) is 3.24. The smallest absolute Gasteiger partial charge is 0.265 e. The van der Waals surface area contributed by atoms with E-state index < -0.39 is 16.1 Å². The van der Waals surface area contributed by atoms with Gasteiger partial charge in [0.1, 0.15) is 5.75 Å². The number of carbonyl (C=O) groups excluding carboxylic acids is 1. The Morgan fingerprint density at radius 3 is 2.25 bits per heavy atom. The lowest BCUT2D eigenvalue weighted by Crippen LogP contribution is -2.32. The topological polar surface area (TPSA) is 84.5 Å². The molecule has 3 rings (SSSR count). The number of anilines is 2. The molecule has 0 radical (unpaired) electrons. The van der Waals surface area contributed by atoms with E-state index in [4.69, 9.17) is 4.74 Å². The third-order valence-electron chi connectivity index (χ3n) is 5.08. The average molecular weight is 453 g/mol. The third-order valence-corrected chi connectivity index (χ3v) is 6.47. The molecule has 1 atom stereocenters. The summed E-state index contributed by atoms with van der Waals surface area (Å²) in [4.78, 5) is 12.8. The first kappa shape index (κ1) is 23.3. The standard InChI is InChI=1S/C25H28N2O4S/c1-5-23(31-24-9-7-6-8-18(24)3)25(28)26-20-11-13-21(14-12-20)32(29,30)27-22-15-10-17(2)16-19(22)4/h6-16,23,27H,5H2,1-4H3,(H,26,28)/t23-/m0/s1. The van der Waals surface area contributed by atoms with Gasteiger partial charge in [0.25, 0.3) is 15.9 Å². The van der Waals surface area contributed by atoms with Crippen LogP contribution in [0.4, 0.5) is 11.4 Å². The van der Waals surface area contributed by atoms with Gasteiger partial charge in [-0.25, -0.2) is 8.42 Å². The molecule has 32 heavy (non-hydrogen) atoms. The van der Waals surface area contributed by atoms with Crippen LogP contribution in [0.25, 0.3) is 0 Å². The highest BCUT2D eigenvalue weighted by atomic mass is 32.2. The average Bonchev–Trinajstić information content (AvgIpc) is 2.75. The van der Waals surface area contributed by atoms with E-state index in [1.165, 1.54) is 12.1 Å². The fourth-order valence-corrected chi connectivity index (χ4v) is 4.37. The molecule has 6 nitrogen and oxygen atoms in total. The van der Waals surface area contributed by atoms with Crippen molar-refractivity contribution in [2.75, 3.05) is 10.0 Å². The molecule has 0 bridgehead atoms. The highest BCUT2D eigenvalue weighted by Gasteiger charge is 2.20. The molecule has 7 heteroatoms. The molecule has 0 aliphatic heterocycles. The normalized spacial score (nSPS) is 12.1. The van der Waals surface area contributed by atoms with E-state index in [0.717, 1.165) is 16.7 Å². The van der Waals surface area contributed by atoms with E-state index in [9.17, 15) is 13.2 Å². The predicted octanol–water partition coefficient (Wildman–Crippen LogP) is 5.21. The lowest BCUT2D eigenvalue weighted by Gasteiger charge is -2.18. The number of rotatable bonds is 8. The fraction of sp³-hybridized carbons (Fsp3) is 0.240. The summed E-state index contributed by atoms with van der Waals surface area (Å²) in [7, 11) is -3.75. The summed E-state index contributed by atoms with van der Waals surface area (Å²) in [6, 6.07) is 19.1. The van der Waals surface area contributed by atoms with Gasteiger partial charge < -0.3 is 10.1 Å². The minimum atomic E-state index is -3.75. The number of ether oxygens (including phenoxy) is 1. The Bertz CT molecular complexity index is 1200. The third kappa shape index (κ3) is 5.68. The predicted molar refractivity (Wildman–Crippen MR) is 128 cm³/mol. The number of para-hydroxylation sites is 1. The second-order valence-corrected chi connectivity index (χ2v) is 9.40. The number of hydrogen-bond acceptors (Lipinski definition) is 4. The summed E-state index contributed by atoms with van der Waals surface area (Å²) in [5, 5.41) is 2.80. The number of sulfonamides is 1. The molecule has 0 heterocycles. The van der Waals surface area contributed by atoms with Crippen molar-refractivity contribution < 1.29 is 17.9 Å². The van der Waals surface area contributed by atoms with Gasteiger partial charge in [-0.1, -0.05) is 42.8 Å². The van der Waals surface area contributed by atoms with Gasteiger partial charge in [0, 0.05) is 5.69 Å². The zero-order valence-corrected chi connectivity index (χ0v) is 19.5. The van der Waals surface area contributed by atoms with E-state index in [1.807, 2.05) is 64.1 Å². The van der Waals surface area contributed by atoms with Crippen LogP contribution in [0, 0.1) is 20.8 Å². The molecule has 168 valence electrons. The van der Waals surface area contributed by atoms with Gasteiger partial charge in [-0.15, -0.1) is 0 Å². The Morgan fingerprint density at radius 2 is 1.62 bits per heavy atom. The summed E-state index contributed by atoms with van der Waals surface area (Å²) in [5.74, 6) is 0.369. The van der Waals surface area contributed by atoms with Gasteiger partial charge in [-0.05, 0) is 74.7 Å². The molecule has 1 amide bonds. The SMILES string of the molecule is CC[C@H](Oc1ccccc1C)C(=O)Nc1ccc(S(=O)(=O)Nc2ccc(C)cc2C)cc1. The lowest BCUT2D eigenvalue weighted by atomic mass is 10.1. The van der Waals surface area contributed by atoms with Crippen molar-refractivity contribution in [3.63, 3.8) is 0 Å². The van der Waals surface area contributed by atoms with Crippen LogP contribution in [0.1, 0.15) is 30.0 Å². The Hall–Kier alpha value is -3.32. The molecule has 0 spiro atoms. The number of hydrogen-bond donors (Lipinski definition) is 2. The van der Waals surface area contributed by atoms with Gasteiger partial charge in [0.2, 0.25) is 0 Å². The summed E-state index contributed by atoms with van der Waals surface area (Å²) in [6.07, 6.45) is -0.169. The first-order valence-corrected chi connectivity index (χ1v) is 11.9. The van der Waals surface area contributed by atoms with Crippen molar-refractivity contribution in [3.05, 3.63) is 83.4 Å². The number of amides is 1. The maximum absolute atomic E-state index is 12.7. The Kier molecular flexibility index (Phi) is 7.20. The highest BCUT2D eigenvalue weighted by Crippen LogP contribution is 2.23. The van der Waals surface area contributed by atoms with Gasteiger partial charge in [-0.3, -0.25) is 9.52 Å². The second kappa shape index (κ2) is 9.87. The number of carbonyl (C=O) groups is 1. The van der Waals surface area contributed by atoms with E-state index >= 15 is 0 Å². The highest BCUT2D eigenvalue weighted by molar-refractivity contribution is 7.92. The van der Waals surface area contributed by atoms with Crippen LogP contribution in [-0.2, 0) is 14.8 Å². The first-order chi connectivity index (χ1) is 15.2. The summed E-state index contributed by atoms with van der Waals surface area (Å²) >= 11 is 0. The zero-order chi connectivity index (χ0) is 23.3. The maximum Gasteiger partial charge on any atom is 0.265 e. The minimum Gasteiger partial charge on any atom is -0.480 e. The van der Waals surface area contributed by atoms with Gasteiger partial charge in [-0.2, -0.15) is 0 Å². The Labute approximate surface area is 189 Å². The first-order valence-electron chi connectivity index (χ1n) is 10.4. The Morgan fingerprint density at radius 1 is 0.938 bits per heavy atom. The van der Waals surface area contributed by atoms with E-state index in [-0.39, 0.29) is 10.8 Å². The molecular weight excluding hydrogens is 424 g/mol. The molecule has 0 aliphatic carbocycles. The van der Waals surface area contributed by atoms with Gasteiger partial charge in [0.05, 0.1) is 10.6 Å². The molecule has 2 N–H and O–H groups in total. The quantitative estimate of drug-likeness (QED) is 0.491. The molecule has 0 aliphatic rings. The van der Waals surface area contributed by atoms with Crippen LogP contribution in [0.3, 0.4) is 0 Å². The summed E-state index contributed by atoms with van der Waals surface area (Å²) in [5.41, 5.74) is 3.88. The molecule has 3 aromatic carbocycles. The van der Waals surface area contributed by atoms with Crippen molar-refractivity contribution in [1.82, 2.24) is 0 Å². The van der Waals surface area contributed by atoms with Crippen LogP contribution in [0.15, 0.2) is 71.6 Å². The molecular formula is C25H28N2O4S. The van der Waals surface area contributed by atoms with Crippen LogP contribution >= 0.6 is 0 Å². The second-order valence-electron chi connectivity index (χ2n) is 7.72. The van der Waals surface area contributed by atoms with E-state index in [2.05, 4.69) is 10.0 Å². The number of aryl methyl sites for hydroxylation is 3. The Balaban J connectivity index is 1.69. The van der Waals surface area contributed by atoms with Crippen LogP contribution in [-0.4, -0.2) is 20.4 Å². The summed E-state index contributed by atoms with van der Waals surface area (Å²) in [6.45, 7) is 7.60.